The Hall–Kier alpha value is -2.09. The molecule has 0 bridgehead atoms. The predicted octanol–water partition coefficient (Wildman–Crippen LogP) is 3.73. The molecule has 2 aromatic carbocycles. The molecule has 2 amide bonds. The maximum Gasteiger partial charge on any atom is 0.228 e. The van der Waals surface area contributed by atoms with Gasteiger partial charge in [-0.2, -0.15) is 0 Å². The molecule has 0 aliphatic carbocycles. The molecule has 2 aromatic rings. The Morgan fingerprint density at radius 1 is 1.00 bits per heavy atom. The second kappa shape index (κ2) is 8.81. The molecule has 0 N–H and O–H groups in total. The zero-order valence-electron chi connectivity index (χ0n) is 16.7. The first-order chi connectivity index (χ1) is 14.8. The molecule has 2 aliphatic rings. The van der Waals surface area contributed by atoms with Gasteiger partial charge in [-0.25, -0.2) is 8.42 Å². The van der Waals surface area contributed by atoms with E-state index in [-0.39, 0.29) is 43.5 Å². The highest BCUT2D eigenvalue weighted by Gasteiger charge is 2.40. The molecule has 2 aliphatic heterocycles. The van der Waals surface area contributed by atoms with Crippen molar-refractivity contribution in [3.05, 3.63) is 64.1 Å². The number of nitrogens with zero attached hydrogens (tertiary/aromatic N) is 2. The second-order valence-corrected chi connectivity index (χ2v) is 11.0. The van der Waals surface area contributed by atoms with Gasteiger partial charge in [-0.15, -0.1) is 0 Å². The van der Waals surface area contributed by atoms with Crippen LogP contribution in [0.15, 0.2) is 48.5 Å². The van der Waals surface area contributed by atoms with E-state index in [9.17, 15) is 18.0 Å². The predicted molar refractivity (Wildman–Crippen MR) is 121 cm³/mol. The summed E-state index contributed by atoms with van der Waals surface area (Å²) in [4.78, 5) is 28.8. The molecule has 2 fully saturated rings. The van der Waals surface area contributed by atoms with Gasteiger partial charge in [0.15, 0.2) is 9.84 Å². The Bertz CT molecular complexity index is 1100. The van der Waals surface area contributed by atoms with Gasteiger partial charge < -0.3 is 9.80 Å². The number of carbonyl (C=O) groups is 2. The van der Waals surface area contributed by atoms with E-state index in [4.69, 9.17) is 23.2 Å². The fourth-order valence-corrected chi connectivity index (χ4v) is 6.53. The Balaban J connectivity index is 1.48. The molecule has 0 spiro atoms. The first-order valence-corrected chi connectivity index (χ1v) is 12.5. The van der Waals surface area contributed by atoms with Crippen molar-refractivity contribution in [2.45, 2.75) is 18.1 Å². The molecule has 2 atom stereocenters. The zero-order valence-corrected chi connectivity index (χ0v) is 19.0. The molecular formula is C22H22Cl2N2O4S. The molecule has 6 nitrogen and oxygen atoms in total. The highest BCUT2D eigenvalue weighted by molar-refractivity contribution is 7.91. The van der Waals surface area contributed by atoms with E-state index in [2.05, 4.69) is 0 Å². The number of sulfone groups is 1. The summed E-state index contributed by atoms with van der Waals surface area (Å²) in [6, 6.07) is 13.8. The first-order valence-electron chi connectivity index (χ1n) is 10.1. The number of anilines is 1. The average molecular weight is 481 g/mol. The van der Waals surface area contributed by atoms with Crippen molar-refractivity contribution >= 4 is 50.5 Å². The quantitative estimate of drug-likeness (QED) is 0.670. The van der Waals surface area contributed by atoms with Gasteiger partial charge in [-0.3, -0.25) is 9.59 Å². The van der Waals surface area contributed by atoms with Crippen LogP contribution in [-0.2, 0) is 19.4 Å². The van der Waals surface area contributed by atoms with E-state index in [1.165, 1.54) is 0 Å². The molecule has 31 heavy (non-hydrogen) atoms. The van der Waals surface area contributed by atoms with E-state index < -0.39 is 21.0 Å². The fraction of sp³-hybridized carbons (Fsp3) is 0.364. The van der Waals surface area contributed by atoms with Gasteiger partial charge >= 0.3 is 0 Å². The van der Waals surface area contributed by atoms with Crippen LogP contribution in [-0.4, -0.2) is 50.5 Å². The Labute approximate surface area is 191 Å². The molecule has 2 heterocycles. The Kier molecular flexibility index (Phi) is 6.28. The summed E-state index contributed by atoms with van der Waals surface area (Å²) in [7, 11) is -3.46. The zero-order chi connectivity index (χ0) is 22.2. The summed E-state index contributed by atoms with van der Waals surface area (Å²) in [6.45, 7) is 0.698. The molecule has 0 aromatic heterocycles. The normalized spacial score (nSPS) is 23.6. The van der Waals surface area contributed by atoms with Crippen molar-refractivity contribution in [1.82, 2.24) is 4.90 Å². The van der Waals surface area contributed by atoms with Crippen molar-refractivity contribution in [3.8, 4) is 0 Å². The minimum Gasteiger partial charge on any atom is -0.341 e. The minimum absolute atomic E-state index is 0.110. The number of carbonyl (C=O) groups excluding carboxylic acids is 2. The van der Waals surface area contributed by atoms with Gasteiger partial charge in [-0.1, -0.05) is 41.4 Å². The Morgan fingerprint density at radius 2 is 1.71 bits per heavy atom. The molecule has 2 unspecified atom stereocenters. The van der Waals surface area contributed by atoms with Crippen LogP contribution in [0.25, 0.3) is 0 Å². The lowest BCUT2D eigenvalue weighted by Crippen LogP contribution is -2.39. The number of amides is 2. The lowest BCUT2D eigenvalue weighted by atomic mass is 10.1. The van der Waals surface area contributed by atoms with Crippen molar-refractivity contribution in [3.63, 3.8) is 0 Å². The highest BCUT2D eigenvalue weighted by Crippen LogP contribution is 2.35. The van der Waals surface area contributed by atoms with Crippen molar-refractivity contribution in [2.24, 2.45) is 5.92 Å². The van der Waals surface area contributed by atoms with Crippen molar-refractivity contribution in [1.29, 1.82) is 0 Å². The van der Waals surface area contributed by atoms with Gasteiger partial charge in [0, 0.05) is 41.8 Å². The highest BCUT2D eigenvalue weighted by atomic mass is 35.5. The molecule has 4 rings (SSSR count). The number of hydrogen-bond donors (Lipinski definition) is 0. The van der Waals surface area contributed by atoms with E-state index in [0.717, 1.165) is 0 Å². The van der Waals surface area contributed by atoms with Gasteiger partial charge in [0.25, 0.3) is 0 Å². The van der Waals surface area contributed by atoms with E-state index >= 15 is 0 Å². The first kappa shape index (κ1) is 22.1. The topological polar surface area (TPSA) is 74.8 Å². The van der Waals surface area contributed by atoms with Gasteiger partial charge in [0.1, 0.15) is 0 Å². The SMILES string of the molecule is O=C(C1CC(=O)N(c2ccc(Cl)cc2)C1)N1CCC(c2ccccc2Cl)S(=O)(=O)CC1. The van der Waals surface area contributed by atoms with Crippen LogP contribution in [0.3, 0.4) is 0 Å². The van der Waals surface area contributed by atoms with Crippen LogP contribution in [0.5, 0.6) is 0 Å². The summed E-state index contributed by atoms with van der Waals surface area (Å²) < 4.78 is 25.8. The molecule has 0 saturated carbocycles. The third-order valence-corrected chi connectivity index (χ3v) is 8.62. The molecule has 164 valence electrons. The summed E-state index contributed by atoms with van der Waals surface area (Å²) in [5, 5.41) is 0.243. The summed E-state index contributed by atoms with van der Waals surface area (Å²) in [5.41, 5.74) is 1.27. The largest absolute Gasteiger partial charge is 0.341 e. The van der Waals surface area contributed by atoms with Crippen LogP contribution in [0.2, 0.25) is 10.0 Å². The van der Waals surface area contributed by atoms with Gasteiger partial charge in [0.2, 0.25) is 11.8 Å². The fourth-order valence-electron chi connectivity index (χ4n) is 4.25. The van der Waals surface area contributed by atoms with E-state index in [1.54, 1.807) is 58.3 Å². The van der Waals surface area contributed by atoms with E-state index in [1.807, 2.05) is 0 Å². The molecular weight excluding hydrogens is 459 g/mol. The van der Waals surface area contributed by atoms with Crippen molar-refractivity contribution < 1.29 is 18.0 Å². The average Bonchev–Trinajstić information content (AvgIpc) is 3.05. The monoisotopic (exact) mass is 480 g/mol. The van der Waals surface area contributed by atoms with Crippen LogP contribution in [0, 0.1) is 5.92 Å². The maximum absolute atomic E-state index is 13.2. The lowest BCUT2D eigenvalue weighted by Gasteiger charge is -2.24. The maximum atomic E-state index is 13.2. The number of rotatable bonds is 3. The van der Waals surface area contributed by atoms with E-state index in [0.29, 0.717) is 27.8 Å². The second-order valence-electron chi connectivity index (χ2n) is 7.87. The van der Waals surface area contributed by atoms with Crippen LogP contribution in [0.4, 0.5) is 5.69 Å². The standard InChI is InChI=1S/C22H22Cl2N2O4S/c23-16-5-7-17(8-6-16)26-14-15(13-21(26)27)22(28)25-10-9-20(31(29,30)12-11-25)18-3-1-2-4-19(18)24/h1-8,15,20H,9-14H2. The van der Waals surface area contributed by atoms with Crippen LogP contribution >= 0.6 is 23.2 Å². The summed E-state index contributed by atoms with van der Waals surface area (Å²) >= 11 is 12.2. The summed E-state index contributed by atoms with van der Waals surface area (Å²) in [6.07, 6.45) is 0.387. The molecule has 2 saturated heterocycles. The Morgan fingerprint density at radius 3 is 2.42 bits per heavy atom. The van der Waals surface area contributed by atoms with Crippen molar-refractivity contribution in [2.75, 3.05) is 30.3 Å². The number of benzene rings is 2. The molecule has 0 radical (unpaired) electrons. The number of hydrogen-bond acceptors (Lipinski definition) is 4. The van der Waals surface area contributed by atoms with Gasteiger partial charge in [0.05, 0.1) is 16.9 Å². The smallest absolute Gasteiger partial charge is 0.228 e. The van der Waals surface area contributed by atoms with Crippen LogP contribution in [0.1, 0.15) is 23.7 Å². The lowest BCUT2D eigenvalue weighted by molar-refractivity contribution is -0.135. The summed E-state index contributed by atoms with van der Waals surface area (Å²) in [5.74, 6) is -0.935. The minimum atomic E-state index is -3.46. The number of halogens is 2. The van der Waals surface area contributed by atoms with Gasteiger partial charge in [-0.05, 0) is 42.3 Å². The third-order valence-electron chi connectivity index (χ3n) is 5.92. The molecule has 9 heteroatoms. The van der Waals surface area contributed by atoms with Crippen LogP contribution < -0.4 is 4.90 Å². The third kappa shape index (κ3) is 4.59.